The van der Waals surface area contributed by atoms with Gasteiger partial charge in [0.2, 0.25) is 0 Å². The Morgan fingerprint density at radius 3 is 2.40 bits per heavy atom. The van der Waals surface area contributed by atoms with E-state index in [0.29, 0.717) is 6.67 Å². The van der Waals surface area contributed by atoms with E-state index in [4.69, 9.17) is 0 Å². The summed E-state index contributed by atoms with van der Waals surface area (Å²) in [4.78, 5) is 1.99. The minimum absolute atomic E-state index is 0.238. The number of benzene rings is 2. The minimum Gasteiger partial charge on any atom is -0.406 e. The summed E-state index contributed by atoms with van der Waals surface area (Å²) >= 11 is 0. The first-order valence-electron chi connectivity index (χ1n) is 9.46. The van der Waals surface area contributed by atoms with Gasteiger partial charge in [-0.05, 0) is 66.0 Å². The zero-order valence-corrected chi connectivity index (χ0v) is 15.9. The lowest BCUT2D eigenvalue weighted by atomic mass is 10.0. The van der Waals surface area contributed by atoms with Crippen LogP contribution >= 0.6 is 0 Å². The van der Waals surface area contributed by atoms with Gasteiger partial charge in [0.25, 0.3) is 0 Å². The Hall–Kier alpha value is -3.29. The molecule has 2 aromatic rings. The molecule has 2 aliphatic heterocycles. The molecule has 0 unspecified atom stereocenters. The van der Waals surface area contributed by atoms with Crippen LogP contribution in [0.15, 0.2) is 72.0 Å². The Labute approximate surface area is 171 Å². The topological polar surface area (TPSA) is 28.1 Å². The number of aryl methyl sites for hydroxylation is 1. The Morgan fingerprint density at radius 2 is 1.70 bits per heavy atom. The SMILES string of the molecule is Fc1ccc(CCCN2CN3C=C(c4ccc(OC(F)(F)F)cc4)C=CC3=N2)cc1. The molecule has 0 N–H and O–H groups in total. The van der Waals surface area contributed by atoms with Crippen molar-refractivity contribution in [3.05, 3.63) is 83.8 Å². The second-order valence-corrected chi connectivity index (χ2v) is 7.02. The molecular formula is C22H19F4N3O. The van der Waals surface area contributed by atoms with Crippen LogP contribution in [0, 0.1) is 5.82 Å². The van der Waals surface area contributed by atoms with Crippen molar-refractivity contribution < 1.29 is 22.3 Å². The number of ether oxygens (including phenoxy) is 1. The largest absolute Gasteiger partial charge is 0.573 e. The van der Waals surface area contributed by atoms with Crippen molar-refractivity contribution in [3.63, 3.8) is 0 Å². The first-order valence-corrected chi connectivity index (χ1v) is 9.46. The predicted octanol–water partition coefficient (Wildman–Crippen LogP) is 5.16. The van der Waals surface area contributed by atoms with Crippen LogP contribution in [0.2, 0.25) is 0 Å². The van der Waals surface area contributed by atoms with Gasteiger partial charge in [0.1, 0.15) is 18.2 Å². The minimum atomic E-state index is -4.70. The van der Waals surface area contributed by atoms with E-state index in [0.717, 1.165) is 41.9 Å². The fourth-order valence-electron chi connectivity index (χ4n) is 3.35. The van der Waals surface area contributed by atoms with Crippen molar-refractivity contribution in [2.75, 3.05) is 13.2 Å². The highest BCUT2D eigenvalue weighted by atomic mass is 19.4. The van der Waals surface area contributed by atoms with Crippen molar-refractivity contribution in [2.45, 2.75) is 19.2 Å². The third kappa shape index (κ3) is 5.00. The van der Waals surface area contributed by atoms with Gasteiger partial charge < -0.3 is 9.64 Å². The van der Waals surface area contributed by atoms with Gasteiger partial charge in [-0.15, -0.1) is 13.2 Å². The van der Waals surface area contributed by atoms with Gasteiger partial charge in [-0.3, -0.25) is 5.01 Å². The normalized spacial score (nSPS) is 15.7. The number of nitrogens with zero attached hydrogens (tertiary/aromatic N) is 3. The van der Waals surface area contributed by atoms with Crippen LogP contribution in [-0.2, 0) is 6.42 Å². The number of allylic oxidation sites excluding steroid dienone is 2. The molecule has 0 aliphatic carbocycles. The second-order valence-electron chi connectivity index (χ2n) is 7.02. The zero-order valence-electron chi connectivity index (χ0n) is 15.9. The summed E-state index contributed by atoms with van der Waals surface area (Å²) in [6.45, 7) is 1.36. The number of amidine groups is 1. The Bertz CT molecular complexity index is 979. The standard InChI is InChI=1S/C22H19F4N3O/c23-19-8-3-16(4-9-19)2-1-13-29-15-28-14-18(7-12-21(28)27-29)17-5-10-20(11-6-17)30-22(24,25)26/h3-12,14H,1-2,13,15H2. The molecule has 2 heterocycles. The van der Waals surface area contributed by atoms with Gasteiger partial charge in [-0.25, -0.2) is 4.39 Å². The third-order valence-electron chi connectivity index (χ3n) is 4.78. The molecule has 2 aromatic carbocycles. The molecular weight excluding hydrogens is 398 g/mol. The van der Waals surface area contributed by atoms with Gasteiger partial charge in [0.05, 0.1) is 0 Å². The molecule has 0 aromatic heterocycles. The van der Waals surface area contributed by atoms with Gasteiger partial charge in [0, 0.05) is 12.7 Å². The van der Waals surface area contributed by atoms with Gasteiger partial charge in [0.15, 0.2) is 5.84 Å². The Balaban J connectivity index is 1.33. The molecule has 0 atom stereocenters. The monoisotopic (exact) mass is 417 g/mol. The van der Waals surface area contributed by atoms with Crippen molar-refractivity contribution in [2.24, 2.45) is 5.10 Å². The smallest absolute Gasteiger partial charge is 0.406 e. The van der Waals surface area contributed by atoms with Crippen LogP contribution in [-0.4, -0.2) is 35.3 Å². The first kappa shape index (κ1) is 20.0. The summed E-state index contributed by atoms with van der Waals surface area (Å²) in [5.74, 6) is 0.332. The summed E-state index contributed by atoms with van der Waals surface area (Å²) in [5.41, 5.74) is 2.75. The second kappa shape index (κ2) is 8.22. The molecule has 2 aliphatic rings. The van der Waals surface area contributed by atoms with E-state index >= 15 is 0 Å². The molecule has 0 saturated carbocycles. The van der Waals surface area contributed by atoms with Crippen LogP contribution < -0.4 is 4.74 Å². The summed E-state index contributed by atoms with van der Waals surface area (Å²) in [6, 6.07) is 12.3. The summed E-state index contributed by atoms with van der Waals surface area (Å²) in [7, 11) is 0. The van der Waals surface area contributed by atoms with E-state index < -0.39 is 6.36 Å². The van der Waals surface area contributed by atoms with Crippen molar-refractivity contribution >= 4 is 11.4 Å². The maximum Gasteiger partial charge on any atom is 0.573 e. The van der Waals surface area contributed by atoms with E-state index in [-0.39, 0.29) is 11.6 Å². The number of hydrogen-bond donors (Lipinski definition) is 0. The van der Waals surface area contributed by atoms with Crippen LogP contribution in [0.1, 0.15) is 17.5 Å². The highest BCUT2D eigenvalue weighted by Crippen LogP contribution is 2.27. The molecule has 0 fully saturated rings. The van der Waals surface area contributed by atoms with Crippen LogP contribution in [0.3, 0.4) is 0 Å². The number of hydrogen-bond acceptors (Lipinski definition) is 4. The van der Waals surface area contributed by atoms with E-state index in [1.54, 1.807) is 24.3 Å². The lowest BCUT2D eigenvalue weighted by Crippen LogP contribution is -2.27. The predicted molar refractivity (Wildman–Crippen MR) is 106 cm³/mol. The lowest BCUT2D eigenvalue weighted by molar-refractivity contribution is -0.274. The molecule has 0 radical (unpaired) electrons. The van der Waals surface area contributed by atoms with Crippen LogP contribution in [0.4, 0.5) is 17.6 Å². The molecule has 0 spiro atoms. The molecule has 0 saturated heterocycles. The Morgan fingerprint density at radius 1 is 0.967 bits per heavy atom. The number of hydrazone groups is 1. The molecule has 0 amide bonds. The van der Waals surface area contributed by atoms with Gasteiger partial charge in [-0.2, -0.15) is 5.10 Å². The molecule has 30 heavy (non-hydrogen) atoms. The quantitative estimate of drug-likeness (QED) is 0.608. The zero-order chi connectivity index (χ0) is 21.1. The van der Waals surface area contributed by atoms with E-state index in [1.165, 1.54) is 24.3 Å². The fraction of sp³-hybridized carbons (Fsp3) is 0.227. The fourth-order valence-corrected chi connectivity index (χ4v) is 3.35. The van der Waals surface area contributed by atoms with Crippen molar-refractivity contribution in [1.82, 2.24) is 9.91 Å². The van der Waals surface area contributed by atoms with Gasteiger partial charge >= 0.3 is 6.36 Å². The summed E-state index contributed by atoms with van der Waals surface area (Å²) in [5, 5.41) is 6.54. The number of fused-ring (bicyclic) bond motifs is 1. The molecule has 8 heteroatoms. The lowest BCUT2D eigenvalue weighted by Gasteiger charge is -2.20. The van der Waals surface area contributed by atoms with Crippen LogP contribution in [0.25, 0.3) is 5.57 Å². The molecule has 156 valence electrons. The van der Waals surface area contributed by atoms with Gasteiger partial charge in [-0.1, -0.05) is 24.3 Å². The highest BCUT2D eigenvalue weighted by Gasteiger charge is 2.31. The average molecular weight is 417 g/mol. The number of alkyl halides is 3. The molecule has 4 rings (SSSR count). The van der Waals surface area contributed by atoms with E-state index in [1.807, 2.05) is 28.3 Å². The first-order chi connectivity index (χ1) is 14.4. The van der Waals surface area contributed by atoms with E-state index in [9.17, 15) is 17.6 Å². The van der Waals surface area contributed by atoms with Crippen molar-refractivity contribution in [3.8, 4) is 5.75 Å². The molecule has 0 bridgehead atoms. The highest BCUT2D eigenvalue weighted by molar-refractivity contribution is 6.00. The maximum absolute atomic E-state index is 13.0. The number of halogens is 4. The Kier molecular flexibility index (Phi) is 5.48. The number of rotatable bonds is 6. The molecule has 4 nitrogen and oxygen atoms in total. The maximum atomic E-state index is 13.0. The summed E-state index contributed by atoms with van der Waals surface area (Å²) < 4.78 is 53.8. The van der Waals surface area contributed by atoms with Crippen LogP contribution in [0.5, 0.6) is 5.75 Å². The summed E-state index contributed by atoms with van der Waals surface area (Å²) in [6.07, 6.45) is 2.72. The van der Waals surface area contributed by atoms with Crippen molar-refractivity contribution in [1.29, 1.82) is 0 Å². The van der Waals surface area contributed by atoms with E-state index in [2.05, 4.69) is 9.84 Å². The average Bonchev–Trinajstić information content (AvgIpc) is 3.11. The third-order valence-corrected chi connectivity index (χ3v) is 4.78.